The van der Waals surface area contributed by atoms with Crippen molar-refractivity contribution in [3.8, 4) is 17.1 Å². The normalized spacial score (nSPS) is 10.5. The van der Waals surface area contributed by atoms with E-state index in [1.54, 1.807) is 7.05 Å². The Bertz CT molecular complexity index is 610. The highest BCUT2D eigenvalue weighted by Gasteiger charge is 2.13. The fourth-order valence-electron chi connectivity index (χ4n) is 1.81. The van der Waals surface area contributed by atoms with Gasteiger partial charge < -0.3 is 9.26 Å². The molecule has 0 N–H and O–H groups in total. The zero-order chi connectivity index (χ0) is 15.9. The number of hydrogen-bond donors (Lipinski definition) is 0. The van der Waals surface area contributed by atoms with E-state index in [1.807, 2.05) is 31.2 Å². The molecular weight excluding hydrogens is 286 g/mol. The smallest absolute Gasteiger partial charge is 0.246 e. The van der Waals surface area contributed by atoms with Crippen LogP contribution in [0.2, 0.25) is 0 Å². The zero-order valence-corrected chi connectivity index (χ0v) is 12.9. The number of aryl methyl sites for hydroxylation is 1. The van der Waals surface area contributed by atoms with E-state index in [0.717, 1.165) is 11.3 Å². The number of hydrogen-bond acceptors (Lipinski definition) is 6. The topological polar surface area (TPSA) is 77.7 Å². The highest BCUT2D eigenvalue weighted by atomic mass is 16.7. The first-order valence-corrected chi connectivity index (χ1v) is 7.00. The van der Waals surface area contributed by atoms with E-state index >= 15 is 0 Å². The van der Waals surface area contributed by atoms with Gasteiger partial charge in [-0.3, -0.25) is 9.63 Å². The van der Waals surface area contributed by atoms with Crippen LogP contribution in [0.3, 0.4) is 0 Å². The first-order chi connectivity index (χ1) is 10.6. The van der Waals surface area contributed by atoms with E-state index in [2.05, 4.69) is 10.1 Å². The highest BCUT2D eigenvalue weighted by molar-refractivity contribution is 5.74. The molecule has 0 spiro atoms. The van der Waals surface area contributed by atoms with E-state index < -0.39 is 0 Å². The van der Waals surface area contributed by atoms with Gasteiger partial charge in [0.25, 0.3) is 0 Å². The molecular formula is C15H19N3O4. The van der Waals surface area contributed by atoms with Gasteiger partial charge >= 0.3 is 0 Å². The number of rotatable bonds is 7. The number of ether oxygens (including phenoxy) is 1. The number of benzene rings is 1. The zero-order valence-electron chi connectivity index (χ0n) is 12.9. The maximum atomic E-state index is 11.6. The lowest BCUT2D eigenvalue weighted by Gasteiger charge is -2.12. The average molecular weight is 305 g/mol. The predicted molar refractivity (Wildman–Crippen MR) is 79.0 cm³/mol. The molecule has 2 aromatic rings. The quantitative estimate of drug-likeness (QED) is 0.729. The van der Waals surface area contributed by atoms with Crippen LogP contribution in [-0.2, 0) is 16.1 Å². The molecule has 22 heavy (non-hydrogen) atoms. The number of aromatic nitrogens is 2. The Hall–Kier alpha value is -2.41. The molecule has 1 amide bonds. The van der Waals surface area contributed by atoms with Gasteiger partial charge in [-0.2, -0.15) is 4.98 Å². The summed E-state index contributed by atoms with van der Waals surface area (Å²) in [7, 11) is 3.00. The molecule has 0 saturated heterocycles. The van der Waals surface area contributed by atoms with Gasteiger partial charge in [-0.15, -0.1) is 0 Å². The van der Waals surface area contributed by atoms with Crippen LogP contribution in [0.15, 0.2) is 28.8 Å². The molecule has 1 aromatic carbocycles. The summed E-state index contributed by atoms with van der Waals surface area (Å²) in [5.41, 5.74) is 0.832. The number of carbonyl (C=O) groups is 1. The summed E-state index contributed by atoms with van der Waals surface area (Å²) in [4.78, 5) is 20.7. The van der Waals surface area contributed by atoms with Gasteiger partial charge in [-0.1, -0.05) is 5.16 Å². The van der Waals surface area contributed by atoms with E-state index in [0.29, 0.717) is 24.7 Å². The second-order valence-corrected chi connectivity index (χ2v) is 4.54. The standard InChI is InChI=1S/C15H19N3O4/c1-4-21-12-7-5-11(6-8-12)15-16-13(22-17-15)9-10-14(19)18(2)20-3/h5-8H,4,9-10H2,1-3H3. The van der Waals surface area contributed by atoms with Crippen molar-refractivity contribution >= 4 is 5.91 Å². The maximum Gasteiger partial charge on any atom is 0.246 e. The van der Waals surface area contributed by atoms with Crippen molar-refractivity contribution in [3.05, 3.63) is 30.2 Å². The first-order valence-electron chi connectivity index (χ1n) is 7.00. The van der Waals surface area contributed by atoms with Crippen LogP contribution in [0, 0.1) is 0 Å². The monoisotopic (exact) mass is 305 g/mol. The SMILES string of the molecule is CCOc1ccc(-c2noc(CCC(=O)N(C)OC)n2)cc1. The molecule has 0 aliphatic rings. The average Bonchev–Trinajstić information content (AvgIpc) is 3.01. The molecule has 0 atom stereocenters. The fourth-order valence-corrected chi connectivity index (χ4v) is 1.81. The number of hydroxylamine groups is 2. The number of nitrogens with zero attached hydrogens (tertiary/aromatic N) is 3. The second kappa shape index (κ2) is 7.56. The lowest BCUT2D eigenvalue weighted by molar-refractivity contribution is -0.168. The van der Waals surface area contributed by atoms with E-state index in [4.69, 9.17) is 14.1 Å². The summed E-state index contributed by atoms with van der Waals surface area (Å²) < 4.78 is 10.5. The van der Waals surface area contributed by atoms with Gasteiger partial charge in [0, 0.05) is 25.5 Å². The van der Waals surface area contributed by atoms with Crippen molar-refractivity contribution in [2.45, 2.75) is 19.8 Å². The number of amides is 1. The molecule has 118 valence electrons. The third-order valence-corrected chi connectivity index (χ3v) is 3.07. The van der Waals surface area contributed by atoms with Crippen LogP contribution in [0.1, 0.15) is 19.2 Å². The largest absolute Gasteiger partial charge is 0.494 e. The fraction of sp³-hybridized carbons (Fsp3) is 0.400. The Morgan fingerprint density at radius 2 is 2.05 bits per heavy atom. The molecule has 1 aromatic heterocycles. The highest BCUT2D eigenvalue weighted by Crippen LogP contribution is 2.20. The van der Waals surface area contributed by atoms with Crippen molar-refractivity contribution < 1.29 is 18.9 Å². The van der Waals surface area contributed by atoms with Crippen molar-refractivity contribution in [3.63, 3.8) is 0 Å². The summed E-state index contributed by atoms with van der Waals surface area (Å²) in [5, 5.41) is 5.09. The van der Waals surface area contributed by atoms with E-state index in [-0.39, 0.29) is 12.3 Å². The van der Waals surface area contributed by atoms with Gasteiger partial charge in [0.1, 0.15) is 5.75 Å². The molecule has 1 heterocycles. The van der Waals surface area contributed by atoms with E-state index in [1.165, 1.54) is 12.2 Å². The molecule has 0 bridgehead atoms. The third-order valence-electron chi connectivity index (χ3n) is 3.07. The minimum atomic E-state index is -0.150. The van der Waals surface area contributed by atoms with Crippen LogP contribution in [-0.4, -0.2) is 41.9 Å². The van der Waals surface area contributed by atoms with Gasteiger partial charge in [0.15, 0.2) is 0 Å². The molecule has 0 aliphatic carbocycles. The summed E-state index contributed by atoms with van der Waals surface area (Å²) in [5.74, 6) is 1.55. The van der Waals surface area contributed by atoms with Crippen molar-refractivity contribution in [1.82, 2.24) is 15.2 Å². The predicted octanol–water partition coefficient (Wildman–Crippen LogP) is 2.09. The molecule has 0 fully saturated rings. The third kappa shape index (κ3) is 4.05. The molecule has 7 heteroatoms. The van der Waals surface area contributed by atoms with Crippen LogP contribution < -0.4 is 4.74 Å². The van der Waals surface area contributed by atoms with Gasteiger partial charge in [-0.25, -0.2) is 5.06 Å². The Kier molecular flexibility index (Phi) is 5.48. The Morgan fingerprint density at radius 3 is 2.68 bits per heavy atom. The second-order valence-electron chi connectivity index (χ2n) is 4.54. The lowest BCUT2D eigenvalue weighted by atomic mass is 10.2. The van der Waals surface area contributed by atoms with Crippen LogP contribution >= 0.6 is 0 Å². The minimum absolute atomic E-state index is 0.150. The van der Waals surface area contributed by atoms with Crippen molar-refractivity contribution in [2.75, 3.05) is 20.8 Å². The molecule has 7 nitrogen and oxygen atoms in total. The first kappa shape index (κ1) is 16.0. The number of carbonyl (C=O) groups excluding carboxylic acids is 1. The molecule has 2 rings (SSSR count). The van der Waals surface area contributed by atoms with Gasteiger partial charge in [-0.05, 0) is 31.2 Å². The van der Waals surface area contributed by atoms with Crippen LogP contribution in [0.5, 0.6) is 5.75 Å². The van der Waals surface area contributed by atoms with Gasteiger partial charge in [0.05, 0.1) is 13.7 Å². The summed E-state index contributed by atoms with van der Waals surface area (Å²) >= 11 is 0. The molecule has 0 aliphatic heterocycles. The molecule has 0 unspecified atom stereocenters. The Labute approximate surface area is 128 Å². The van der Waals surface area contributed by atoms with Crippen LogP contribution in [0.25, 0.3) is 11.4 Å². The summed E-state index contributed by atoms with van der Waals surface area (Å²) in [6.45, 7) is 2.55. The Balaban J connectivity index is 1.97. The van der Waals surface area contributed by atoms with Crippen molar-refractivity contribution in [1.29, 1.82) is 0 Å². The van der Waals surface area contributed by atoms with Crippen LogP contribution in [0.4, 0.5) is 0 Å². The summed E-state index contributed by atoms with van der Waals surface area (Å²) in [6, 6.07) is 7.44. The van der Waals surface area contributed by atoms with E-state index in [9.17, 15) is 4.79 Å². The minimum Gasteiger partial charge on any atom is -0.494 e. The van der Waals surface area contributed by atoms with Gasteiger partial charge in [0.2, 0.25) is 17.6 Å². The Morgan fingerprint density at radius 1 is 1.32 bits per heavy atom. The molecule has 0 saturated carbocycles. The summed E-state index contributed by atoms with van der Waals surface area (Å²) in [6.07, 6.45) is 0.617. The van der Waals surface area contributed by atoms with Crippen molar-refractivity contribution in [2.24, 2.45) is 0 Å². The maximum absolute atomic E-state index is 11.6. The molecule has 0 radical (unpaired) electrons. The lowest BCUT2D eigenvalue weighted by Crippen LogP contribution is -2.25.